The zero-order valence-corrected chi connectivity index (χ0v) is 8.23. The van der Waals surface area contributed by atoms with Gasteiger partial charge in [-0.25, -0.2) is 4.39 Å². The molecule has 2 atom stereocenters. The van der Waals surface area contributed by atoms with Crippen LogP contribution in [-0.2, 0) is 4.74 Å². The topological polar surface area (TPSA) is 9.23 Å². The molecule has 12 heavy (non-hydrogen) atoms. The van der Waals surface area contributed by atoms with Gasteiger partial charge in [0.25, 0.3) is 0 Å². The fourth-order valence-electron chi connectivity index (χ4n) is 1.74. The molecular weight excluding hydrogens is 155 g/mol. The van der Waals surface area contributed by atoms with Crippen LogP contribution in [0.5, 0.6) is 0 Å². The maximum absolute atomic E-state index is 13.5. The summed E-state index contributed by atoms with van der Waals surface area (Å²) in [6.07, 6.45) is 2.37. The minimum Gasteiger partial charge on any atom is -0.494 e. The van der Waals surface area contributed by atoms with Gasteiger partial charge in [-0.2, -0.15) is 0 Å². The van der Waals surface area contributed by atoms with Crippen molar-refractivity contribution < 1.29 is 9.13 Å². The Kier molecular flexibility index (Phi) is 2.45. The molecule has 0 radical (unpaired) electrons. The van der Waals surface area contributed by atoms with E-state index in [0.29, 0.717) is 0 Å². The maximum Gasteiger partial charge on any atom is 0.142 e. The van der Waals surface area contributed by atoms with Gasteiger partial charge in [-0.3, -0.25) is 0 Å². The lowest BCUT2D eigenvalue weighted by atomic mass is 9.88. The molecule has 0 aromatic heterocycles. The van der Waals surface area contributed by atoms with Crippen molar-refractivity contribution in [2.45, 2.75) is 45.9 Å². The second-order valence-corrected chi connectivity index (χ2v) is 3.96. The minimum absolute atomic E-state index is 0.218. The summed E-state index contributed by atoms with van der Waals surface area (Å²) in [5.41, 5.74) is -0.0296. The highest BCUT2D eigenvalue weighted by atomic mass is 19.1. The normalized spacial score (nSPS) is 29.9. The average Bonchev–Trinajstić information content (AvgIpc) is 2.29. The van der Waals surface area contributed by atoms with Gasteiger partial charge in [0.15, 0.2) is 0 Å². The molecule has 0 aromatic rings. The van der Waals surface area contributed by atoms with E-state index in [4.69, 9.17) is 4.74 Å². The summed E-state index contributed by atoms with van der Waals surface area (Å²) >= 11 is 0. The van der Waals surface area contributed by atoms with Gasteiger partial charge in [0.1, 0.15) is 11.8 Å². The lowest BCUT2D eigenvalue weighted by molar-refractivity contribution is -0.000221. The maximum atomic E-state index is 13.5. The molecule has 1 aliphatic heterocycles. The van der Waals surface area contributed by atoms with E-state index in [1.54, 1.807) is 20.1 Å². The van der Waals surface area contributed by atoms with Crippen LogP contribution in [-0.4, -0.2) is 11.8 Å². The lowest BCUT2D eigenvalue weighted by Crippen LogP contribution is -2.36. The molecule has 0 aromatic carbocycles. The molecule has 70 valence electrons. The minimum atomic E-state index is -1.24. The van der Waals surface area contributed by atoms with Crippen LogP contribution >= 0.6 is 0 Å². The molecule has 0 saturated heterocycles. The molecule has 0 bridgehead atoms. The van der Waals surface area contributed by atoms with Gasteiger partial charge in [0.2, 0.25) is 0 Å². The molecule has 1 aliphatic rings. The first kappa shape index (κ1) is 9.56. The number of rotatable bonds is 2. The third kappa shape index (κ3) is 1.62. The lowest BCUT2D eigenvalue weighted by Gasteiger charge is -2.26. The van der Waals surface area contributed by atoms with Crippen molar-refractivity contribution in [3.05, 3.63) is 11.8 Å². The first-order valence-electron chi connectivity index (χ1n) is 4.50. The fraction of sp³-hybridized carbons (Fsp3) is 0.800. The summed E-state index contributed by atoms with van der Waals surface area (Å²) in [5.74, 6) is 0.218. The molecule has 0 spiro atoms. The SMILES string of the molecule is CCC1=COC(C(C)(C)F)[C@H]1C. The molecule has 0 saturated carbocycles. The van der Waals surface area contributed by atoms with Crippen LogP contribution in [0.2, 0.25) is 0 Å². The van der Waals surface area contributed by atoms with E-state index in [9.17, 15) is 4.39 Å². The van der Waals surface area contributed by atoms with E-state index < -0.39 is 5.67 Å². The number of ether oxygens (including phenoxy) is 1. The van der Waals surface area contributed by atoms with Crippen LogP contribution in [0, 0.1) is 5.92 Å². The fourth-order valence-corrected chi connectivity index (χ4v) is 1.74. The van der Waals surface area contributed by atoms with Gasteiger partial charge in [-0.15, -0.1) is 0 Å². The van der Waals surface area contributed by atoms with Gasteiger partial charge >= 0.3 is 0 Å². The number of alkyl halides is 1. The monoisotopic (exact) mass is 172 g/mol. The quantitative estimate of drug-likeness (QED) is 0.622. The summed E-state index contributed by atoms with van der Waals surface area (Å²) in [5, 5.41) is 0. The molecule has 0 amide bonds. The van der Waals surface area contributed by atoms with E-state index >= 15 is 0 Å². The van der Waals surface area contributed by atoms with Gasteiger partial charge in [-0.05, 0) is 25.8 Å². The van der Waals surface area contributed by atoms with E-state index in [1.807, 2.05) is 6.92 Å². The molecule has 1 unspecified atom stereocenters. The first-order valence-corrected chi connectivity index (χ1v) is 4.50. The van der Waals surface area contributed by atoms with Gasteiger partial charge in [0, 0.05) is 5.92 Å². The summed E-state index contributed by atoms with van der Waals surface area (Å²) < 4.78 is 18.8. The van der Waals surface area contributed by atoms with Crippen molar-refractivity contribution in [1.82, 2.24) is 0 Å². The van der Waals surface area contributed by atoms with E-state index in [0.717, 1.165) is 6.42 Å². The van der Waals surface area contributed by atoms with Gasteiger partial charge < -0.3 is 4.74 Å². The molecule has 2 heteroatoms. The van der Waals surface area contributed by atoms with Crippen LogP contribution in [0.4, 0.5) is 4.39 Å². The summed E-state index contributed by atoms with van der Waals surface area (Å²) in [7, 11) is 0. The Morgan fingerprint density at radius 3 is 2.42 bits per heavy atom. The Balaban J connectivity index is 2.67. The van der Waals surface area contributed by atoms with Crippen molar-refractivity contribution in [1.29, 1.82) is 0 Å². The molecule has 0 aliphatic carbocycles. The van der Waals surface area contributed by atoms with Crippen molar-refractivity contribution in [3.63, 3.8) is 0 Å². The van der Waals surface area contributed by atoms with Crippen molar-refractivity contribution in [2.24, 2.45) is 5.92 Å². The Labute approximate surface area is 73.6 Å². The zero-order chi connectivity index (χ0) is 9.35. The molecular formula is C10H17FO. The van der Waals surface area contributed by atoms with Crippen LogP contribution < -0.4 is 0 Å². The third-order valence-electron chi connectivity index (χ3n) is 2.49. The highest BCUT2D eigenvalue weighted by Crippen LogP contribution is 2.35. The smallest absolute Gasteiger partial charge is 0.142 e. The number of hydrogen-bond donors (Lipinski definition) is 0. The highest BCUT2D eigenvalue weighted by molar-refractivity contribution is 5.12. The number of hydrogen-bond acceptors (Lipinski definition) is 1. The van der Waals surface area contributed by atoms with Crippen molar-refractivity contribution >= 4 is 0 Å². The van der Waals surface area contributed by atoms with Gasteiger partial charge in [-0.1, -0.05) is 13.8 Å². The van der Waals surface area contributed by atoms with Crippen LogP contribution in [0.15, 0.2) is 11.8 Å². The predicted octanol–water partition coefficient (Wildman–Crippen LogP) is 3.06. The Morgan fingerprint density at radius 2 is 2.17 bits per heavy atom. The second-order valence-electron chi connectivity index (χ2n) is 3.96. The van der Waals surface area contributed by atoms with Crippen LogP contribution in [0.3, 0.4) is 0 Å². The van der Waals surface area contributed by atoms with Crippen LogP contribution in [0.25, 0.3) is 0 Å². The van der Waals surface area contributed by atoms with Crippen LogP contribution in [0.1, 0.15) is 34.1 Å². The Hall–Kier alpha value is -0.530. The van der Waals surface area contributed by atoms with Crippen molar-refractivity contribution in [2.75, 3.05) is 0 Å². The molecule has 0 fully saturated rings. The van der Waals surface area contributed by atoms with Crippen molar-refractivity contribution in [3.8, 4) is 0 Å². The molecule has 1 heterocycles. The number of halogens is 1. The van der Waals surface area contributed by atoms with E-state index in [2.05, 4.69) is 6.92 Å². The summed E-state index contributed by atoms with van der Waals surface area (Å²) in [6, 6.07) is 0. The van der Waals surface area contributed by atoms with E-state index in [-0.39, 0.29) is 12.0 Å². The summed E-state index contributed by atoms with van der Waals surface area (Å²) in [4.78, 5) is 0. The predicted molar refractivity (Wildman–Crippen MR) is 47.6 cm³/mol. The highest BCUT2D eigenvalue weighted by Gasteiger charge is 2.39. The van der Waals surface area contributed by atoms with E-state index in [1.165, 1.54) is 5.57 Å². The second kappa shape index (κ2) is 3.08. The Morgan fingerprint density at radius 1 is 1.58 bits per heavy atom. The third-order valence-corrected chi connectivity index (χ3v) is 2.49. The molecule has 1 rings (SSSR count). The molecule has 0 N–H and O–H groups in total. The zero-order valence-electron chi connectivity index (χ0n) is 8.23. The molecule has 1 nitrogen and oxygen atoms in total. The first-order chi connectivity index (χ1) is 5.46. The van der Waals surface area contributed by atoms with Gasteiger partial charge in [0.05, 0.1) is 6.26 Å². The standard InChI is InChI=1S/C10H17FO/c1-5-8-6-12-9(7(8)2)10(3,4)11/h6-7,9H,5H2,1-4H3/t7-,9?/m0/s1. The largest absolute Gasteiger partial charge is 0.494 e. The average molecular weight is 172 g/mol. The summed E-state index contributed by atoms with van der Waals surface area (Å²) in [6.45, 7) is 7.23. The Bertz CT molecular complexity index is 191.